The number of fused-ring (bicyclic) bond motifs is 1. The van der Waals surface area contributed by atoms with Crippen molar-refractivity contribution in [2.75, 3.05) is 23.9 Å². The standard InChI is InChI=1S/C22H26N2O3/c1-5-24(15(2)3)18-8-6-17(7-9-18)23-22(25)12-16-14-27-21-13-19(26-4)10-11-20(16)21/h6-11,13-15H,5,12H2,1-4H3,(H,23,25). The molecule has 0 unspecified atom stereocenters. The first kappa shape index (κ1) is 18.8. The summed E-state index contributed by atoms with van der Waals surface area (Å²) in [6.45, 7) is 7.43. The van der Waals surface area contributed by atoms with Crippen LogP contribution in [-0.4, -0.2) is 25.6 Å². The Labute approximate surface area is 159 Å². The van der Waals surface area contributed by atoms with E-state index in [9.17, 15) is 4.79 Å². The molecule has 1 N–H and O–H groups in total. The van der Waals surface area contributed by atoms with Gasteiger partial charge in [-0.2, -0.15) is 0 Å². The summed E-state index contributed by atoms with van der Waals surface area (Å²) >= 11 is 0. The summed E-state index contributed by atoms with van der Waals surface area (Å²) < 4.78 is 10.8. The quantitative estimate of drug-likeness (QED) is 0.649. The SMILES string of the molecule is CCN(c1ccc(NC(=O)Cc2coc3cc(OC)ccc23)cc1)C(C)C. The van der Waals surface area contributed by atoms with Crippen LogP contribution in [0.3, 0.4) is 0 Å². The number of furan rings is 1. The molecule has 0 bridgehead atoms. The largest absolute Gasteiger partial charge is 0.497 e. The van der Waals surface area contributed by atoms with Gasteiger partial charge in [0.1, 0.15) is 11.3 Å². The van der Waals surface area contributed by atoms with Crippen molar-refractivity contribution in [3.63, 3.8) is 0 Å². The first-order valence-corrected chi connectivity index (χ1v) is 9.22. The Balaban J connectivity index is 1.67. The third-order valence-corrected chi connectivity index (χ3v) is 4.66. The summed E-state index contributed by atoms with van der Waals surface area (Å²) in [5.41, 5.74) is 3.52. The fourth-order valence-electron chi connectivity index (χ4n) is 3.29. The summed E-state index contributed by atoms with van der Waals surface area (Å²) in [4.78, 5) is 14.7. The number of methoxy groups -OCH3 is 1. The molecule has 1 heterocycles. The maximum Gasteiger partial charge on any atom is 0.228 e. The van der Waals surface area contributed by atoms with Crippen molar-refractivity contribution in [3.8, 4) is 5.75 Å². The van der Waals surface area contributed by atoms with E-state index in [-0.39, 0.29) is 12.3 Å². The second-order valence-electron chi connectivity index (χ2n) is 6.77. The molecule has 3 rings (SSSR count). The second-order valence-corrected chi connectivity index (χ2v) is 6.77. The topological polar surface area (TPSA) is 54.7 Å². The van der Waals surface area contributed by atoms with Gasteiger partial charge in [0.05, 0.1) is 19.8 Å². The van der Waals surface area contributed by atoms with Crippen LogP contribution in [0.15, 0.2) is 53.1 Å². The maximum atomic E-state index is 12.4. The number of nitrogens with one attached hydrogen (secondary N) is 1. The molecule has 0 aliphatic rings. The summed E-state index contributed by atoms with van der Waals surface area (Å²) in [6, 6.07) is 14.0. The Hall–Kier alpha value is -2.95. The minimum absolute atomic E-state index is 0.0718. The maximum absolute atomic E-state index is 12.4. The summed E-state index contributed by atoms with van der Waals surface area (Å²) in [7, 11) is 1.62. The number of ether oxygens (including phenoxy) is 1. The van der Waals surface area contributed by atoms with Crippen LogP contribution in [0.25, 0.3) is 11.0 Å². The molecule has 0 aliphatic carbocycles. The Morgan fingerprint density at radius 3 is 2.56 bits per heavy atom. The number of rotatable bonds is 7. The molecule has 0 fully saturated rings. The lowest BCUT2D eigenvalue weighted by Gasteiger charge is -2.27. The molecule has 27 heavy (non-hydrogen) atoms. The van der Waals surface area contributed by atoms with Gasteiger partial charge < -0.3 is 19.4 Å². The van der Waals surface area contributed by atoms with Gasteiger partial charge in [0.15, 0.2) is 0 Å². The fourth-order valence-corrected chi connectivity index (χ4v) is 3.29. The summed E-state index contributed by atoms with van der Waals surface area (Å²) in [6.07, 6.45) is 1.89. The van der Waals surface area contributed by atoms with E-state index in [1.54, 1.807) is 13.4 Å². The number of amides is 1. The number of benzene rings is 2. The molecule has 0 saturated carbocycles. The summed E-state index contributed by atoms with van der Waals surface area (Å²) in [5, 5.41) is 3.88. The van der Waals surface area contributed by atoms with Crippen molar-refractivity contribution in [1.82, 2.24) is 0 Å². The zero-order valence-electron chi connectivity index (χ0n) is 16.3. The Bertz CT molecular complexity index is 913. The molecule has 2 aromatic carbocycles. The van der Waals surface area contributed by atoms with E-state index in [0.29, 0.717) is 6.04 Å². The third-order valence-electron chi connectivity index (χ3n) is 4.66. The lowest BCUT2D eigenvalue weighted by Crippen LogP contribution is -2.30. The van der Waals surface area contributed by atoms with Gasteiger partial charge in [-0.1, -0.05) is 0 Å². The Morgan fingerprint density at radius 1 is 1.19 bits per heavy atom. The van der Waals surface area contributed by atoms with Gasteiger partial charge in [-0.3, -0.25) is 4.79 Å². The molecule has 5 heteroatoms. The minimum Gasteiger partial charge on any atom is -0.497 e. The molecule has 1 amide bonds. The van der Waals surface area contributed by atoms with Crippen LogP contribution in [0, 0.1) is 0 Å². The minimum atomic E-state index is -0.0718. The first-order valence-electron chi connectivity index (χ1n) is 9.22. The fraction of sp³-hybridized carbons (Fsp3) is 0.318. The van der Waals surface area contributed by atoms with Gasteiger partial charge in [0, 0.05) is 41.0 Å². The van der Waals surface area contributed by atoms with Crippen LogP contribution < -0.4 is 15.0 Å². The van der Waals surface area contributed by atoms with Gasteiger partial charge in [-0.05, 0) is 57.2 Å². The van der Waals surface area contributed by atoms with Gasteiger partial charge >= 0.3 is 0 Å². The average Bonchev–Trinajstić information content (AvgIpc) is 3.05. The molecule has 142 valence electrons. The molecule has 0 saturated heterocycles. The normalized spacial score (nSPS) is 11.0. The van der Waals surface area contributed by atoms with Crippen molar-refractivity contribution in [2.24, 2.45) is 0 Å². The number of carbonyl (C=O) groups is 1. The molecule has 0 aliphatic heterocycles. The lowest BCUT2D eigenvalue weighted by atomic mass is 10.1. The number of carbonyl (C=O) groups excluding carboxylic acids is 1. The van der Waals surface area contributed by atoms with Crippen molar-refractivity contribution < 1.29 is 13.9 Å². The van der Waals surface area contributed by atoms with Crippen LogP contribution >= 0.6 is 0 Å². The zero-order chi connectivity index (χ0) is 19.4. The molecule has 0 spiro atoms. The van der Waals surface area contributed by atoms with Gasteiger partial charge in [-0.15, -0.1) is 0 Å². The number of hydrogen-bond donors (Lipinski definition) is 1. The number of nitrogens with zero attached hydrogens (tertiary/aromatic N) is 1. The number of hydrogen-bond acceptors (Lipinski definition) is 4. The molecular weight excluding hydrogens is 340 g/mol. The van der Waals surface area contributed by atoms with Crippen LogP contribution in [0.1, 0.15) is 26.3 Å². The highest BCUT2D eigenvalue weighted by molar-refractivity contribution is 5.95. The summed E-state index contributed by atoms with van der Waals surface area (Å²) in [5.74, 6) is 0.660. The highest BCUT2D eigenvalue weighted by atomic mass is 16.5. The average molecular weight is 366 g/mol. The van der Waals surface area contributed by atoms with Gasteiger partial charge in [0.2, 0.25) is 5.91 Å². The first-order chi connectivity index (χ1) is 13.0. The van der Waals surface area contributed by atoms with Crippen LogP contribution in [0.2, 0.25) is 0 Å². The molecule has 1 aromatic heterocycles. The Kier molecular flexibility index (Phi) is 5.69. The predicted molar refractivity (Wildman–Crippen MR) is 110 cm³/mol. The lowest BCUT2D eigenvalue weighted by molar-refractivity contribution is -0.115. The molecule has 3 aromatic rings. The number of anilines is 2. The highest BCUT2D eigenvalue weighted by Gasteiger charge is 2.12. The smallest absolute Gasteiger partial charge is 0.228 e. The monoisotopic (exact) mass is 366 g/mol. The molecule has 0 atom stereocenters. The van der Waals surface area contributed by atoms with Crippen molar-refractivity contribution in [2.45, 2.75) is 33.2 Å². The van der Waals surface area contributed by atoms with Crippen molar-refractivity contribution >= 4 is 28.3 Å². The van der Waals surface area contributed by atoms with Gasteiger partial charge in [0.25, 0.3) is 0 Å². The second kappa shape index (κ2) is 8.16. The van der Waals surface area contributed by atoms with Crippen molar-refractivity contribution in [1.29, 1.82) is 0 Å². The zero-order valence-corrected chi connectivity index (χ0v) is 16.3. The molecule has 0 radical (unpaired) electrons. The Morgan fingerprint density at radius 2 is 1.93 bits per heavy atom. The van der Waals surface area contributed by atoms with E-state index in [0.717, 1.165) is 40.2 Å². The van der Waals surface area contributed by atoms with Gasteiger partial charge in [-0.25, -0.2) is 0 Å². The van der Waals surface area contributed by atoms with Crippen molar-refractivity contribution in [3.05, 3.63) is 54.3 Å². The van der Waals surface area contributed by atoms with E-state index in [4.69, 9.17) is 9.15 Å². The van der Waals surface area contributed by atoms with E-state index >= 15 is 0 Å². The molecule has 5 nitrogen and oxygen atoms in total. The third kappa shape index (κ3) is 4.25. The van der Waals surface area contributed by atoms with Crippen LogP contribution in [0.4, 0.5) is 11.4 Å². The highest BCUT2D eigenvalue weighted by Crippen LogP contribution is 2.26. The van der Waals surface area contributed by atoms with Crippen LogP contribution in [-0.2, 0) is 11.2 Å². The molecular formula is C22H26N2O3. The van der Waals surface area contributed by atoms with Crippen LogP contribution in [0.5, 0.6) is 5.75 Å². The van der Waals surface area contributed by atoms with E-state index in [1.807, 2.05) is 42.5 Å². The predicted octanol–water partition coefficient (Wildman–Crippen LogP) is 4.86. The van der Waals surface area contributed by atoms with E-state index in [1.165, 1.54) is 0 Å². The van der Waals surface area contributed by atoms with E-state index < -0.39 is 0 Å². The van der Waals surface area contributed by atoms with E-state index in [2.05, 4.69) is 31.0 Å².